The molecule has 0 unspecified atom stereocenters. The molecule has 30 heavy (non-hydrogen) atoms. The van der Waals surface area contributed by atoms with Gasteiger partial charge in [0.2, 0.25) is 0 Å². The summed E-state index contributed by atoms with van der Waals surface area (Å²) in [6.45, 7) is 3.55. The van der Waals surface area contributed by atoms with Crippen LogP contribution < -0.4 is 20.7 Å². The number of piperidine rings is 1. The molecule has 0 amide bonds. The van der Waals surface area contributed by atoms with Crippen LogP contribution in [0.15, 0.2) is 42.1 Å². The highest BCUT2D eigenvalue weighted by atomic mass is 35.5. The average molecular weight is 430 g/mol. The van der Waals surface area contributed by atoms with Crippen molar-refractivity contribution in [3.63, 3.8) is 0 Å². The van der Waals surface area contributed by atoms with Crippen molar-refractivity contribution in [2.45, 2.75) is 44.8 Å². The Kier molecular flexibility index (Phi) is 4.85. The molecule has 8 heteroatoms. The SMILES string of the molecule is Cc1cc2c(cn1)N(C1CC1)C(N1CCC(Oc3ccc(Cl)cc3F)CC1)=C(N)N2. The monoisotopic (exact) mass is 429 g/mol. The molecule has 0 spiro atoms. The highest BCUT2D eigenvalue weighted by Gasteiger charge is 2.39. The first-order valence-corrected chi connectivity index (χ1v) is 10.8. The highest BCUT2D eigenvalue weighted by Crippen LogP contribution is 2.43. The van der Waals surface area contributed by atoms with E-state index < -0.39 is 5.82 Å². The van der Waals surface area contributed by atoms with Crippen LogP contribution in [0.25, 0.3) is 0 Å². The lowest BCUT2D eigenvalue weighted by Crippen LogP contribution is -2.47. The van der Waals surface area contributed by atoms with Crippen LogP contribution in [0.3, 0.4) is 0 Å². The number of anilines is 2. The first kappa shape index (κ1) is 19.3. The summed E-state index contributed by atoms with van der Waals surface area (Å²) in [5.41, 5.74) is 9.54. The number of fused-ring (bicyclic) bond motifs is 1. The van der Waals surface area contributed by atoms with Crippen molar-refractivity contribution >= 4 is 23.0 Å². The minimum Gasteiger partial charge on any atom is -0.487 e. The molecule has 2 aromatic rings. The van der Waals surface area contributed by atoms with E-state index in [2.05, 4.69) is 20.1 Å². The van der Waals surface area contributed by atoms with Crippen molar-refractivity contribution in [2.24, 2.45) is 5.73 Å². The number of ether oxygens (including phenoxy) is 1. The zero-order valence-electron chi connectivity index (χ0n) is 16.9. The second-order valence-corrected chi connectivity index (χ2v) is 8.62. The van der Waals surface area contributed by atoms with Crippen LogP contribution in [-0.4, -0.2) is 35.1 Å². The Bertz CT molecular complexity index is 1000. The molecule has 0 bridgehead atoms. The van der Waals surface area contributed by atoms with Crippen molar-refractivity contribution in [2.75, 3.05) is 23.3 Å². The van der Waals surface area contributed by atoms with Crippen LogP contribution >= 0.6 is 11.6 Å². The molecule has 6 nitrogen and oxygen atoms in total. The second kappa shape index (κ2) is 7.54. The normalized spacial score (nSPS) is 19.6. The summed E-state index contributed by atoms with van der Waals surface area (Å²) in [5.74, 6) is 1.52. The molecule has 2 fully saturated rings. The van der Waals surface area contributed by atoms with Gasteiger partial charge in [-0.25, -0.2) is 4.39 Å². The number of nitrogens with one attached hydrogen (secondary N) is 1. The Morgan fingerprint density at radius 3 is 2.67 bits per heavy atom. The van der Waals surface area contributed by atoms with Crippen LogP contribution in [-0.2, 0) is 0 Å². The third kappa shape index (κ3) is 3.62. The van der Waals surface area contributed by atoms with Gasteiger partial charge in [0.1, 0.15) is 11.9 Å². The van der Waals surface area contributed by atoms with E-state index >= 15 is 0 Å². The van der Waals surface area contributed by atoms with Gasteiger partial charge in [-0.2, -0.15) is 0 Å². The van der Waals surface area contributed by atoms with Crippen LogP contribution in [0, 0.1) is 12.7 Å². The fourth-order valence-corrected chi connectivity index (χ4v) is 4.41. The Labute approximate surface area is 180 Å². The van der Waals surface area contributed by atoms with E-state index in [0.717, 1.165) is 61.7 Å². The van der Waals surface area contributed by atoms with Gasteiger partial charge in [0.25, 0.3) is 0 Å². The molecule has 1 saturated carbocycles. The van der Waals surface area contributed by atoms with Crippen LogP contribution in [0.1, 0.15) is 31.4 Å². The topological polar surface area (TPSA) is 66.7 Å². The number of hydrogen-bond donors (Lipinski definition) is 2. The summed E-state index contributed by atoms with van der Waals surface area (Å²) in [5, 5.41) is 3.73. The molecule has 1 aliphatic carbocycles. The third-order valence-electron chi connectivity index (χ3n) is 5.86. The molecule has 1 aromatic heterocycles. The lowest BCUT2D eigenvalue weighted by molar-refractivity contribution is 0.111. The molecule has 3 N–H and O–H groups in total. The molecule has 158 valence electrons. The van der Waals surface area contributed by atoms with Gasteiger partial charge in [0, 0.05) is 42.7 Å². The number of likely N-dealkylation sites (tertiary alicyclic amines) is 1. The van der Waals surface area contributed by atoms with E-state index in [9.17, 15) is 4.39 Å². The highest BCUT2D eigenvalue weighted by molar-refractivity contribution is 6.30. The number of benzene rings is 1. The van der Waals surface area contributed by atoms with E-state index in [1.54, 1.807) is 12.1 Å². The van der Waals surface area contributed by atoms with Crippen molar-refractivity contribution in [3.05, 3.63) is 58.6 Å². The lowest BCUT2D eigenvalue weighted by atomic mass is 10.1. The Balaban J connectivity index is 1.32. The summed E-state index contributed by atoms with van der Waals surface area (Å²) < 4.78 is 20.0. The molecule has 3 heterocycles. The van der Waals surface area contributed by atoms with Crippen molar-refractivity contribution in [1.82, 2.24) is 9.88 Å². The minimum atomic E-state index is -0.423. The summed E-state index contributed by atoms with van der Waals surface area (Å²) >= 11 is 5.83. The van der Waals surface area contributed by atoms with E-state index in [-0.39, 0.29) is 11.9 Å². The fourth-order valence-electron chi connectivity index (χ4n) is 4.25. The number of nitrogens with zero attached hydrogens (tertiary/aromatic N) is 3. The molecule has 0 atom stereocenters. The van der Waals surface area contributed by atoms with Gasteiger partial charge >= 0.3 is 0 Å². The number of aromatic nitrogens is 1. The molecular weight excluding hydrogens is 405 g/mol. The number of nitrogens with two attached hydrogens (primary N) is 1. The van der Waals surface area contributed by atoms with Crippen LogP contribution in [0.5, 0.6) is 5.75 Å². The van der Waals surface area contributed by atoms with Gasteiger partial charge in [0.15, 0.2) is 17.4 Å². The fraction of sp³-hybridized carbons (Fsp3) is 0.409. The van der Waals surface area contributed by atoms with Crippen LogP contribution in [0.4, 0.5) is 15.8 Å². The maximum atomic E-state index is 14.1. The smallest absolute Gasteiger partial charge is 0.166 e. The molecular formula is C22H25ClFN5O. The van der Waals surface area contributed by atoms with Crippen molar-refractivity contribution in [1.29, 1.82) is 0 Å². The summed E-state index contributed by atoms with van der Waals surface area (Å²) in [7, 11) is 0. The number of pyridine rings is 1. The van der Waals surface area contributed by atoms with Gasteiger partial charge in [-0.3, -0.25) is 4.98 Å². The van der Waals surface area contributed by atoms with Crippen molar-refractivity contribution < 1.29 is 9.13 Å². The van der Waals surface area contributed by atoms with Gasteiger partial charge in [0.05, 0.1) is 17.6 Å². The summed E-state index contributed by atoms with van der Waals surface area (Å²) in [6, 6.07) is 7.02. The molecule has 1 aromatic carbocycles. The molecule has 0 radical (unpaired) electrons. The Morgan fingerprint density at radius 2 is 1.97 bits per heavy atom. The third-order valence-corrected chi connectivity index (χ3v) is 6.09. The number of halogens is 2. The molecule has 5 rings (SSSR count). The van der Waals surface area contributed by atoms with E-state index in [4.69, 9.17) is 22.1 Å². The van der Waals surface area contributed by atoms with Crippen molar-refractivity contribution in [3.8, 4) is 5.75 Å². The minimum absolute atomic E-state index is 0.0405. The predicted octanol–water partition coefficient (Wildman–Crippen LogP) is 4.21. The van der Waals surface area contributed by atoms with Gasteiger partial charge in [-0.15, -0.1) is 0 Å². The quantitative estimate of drug-likeness (QED) is 0.759. The van der Waals surface area contributed by atoms with Gasteiger partial charge in [-0.1, -0.05) is 11.6 Å². The Morgan fingerprint density at radius 1 is 1.20 bits per heavy atom. The molecule has 3 aliphatic rings. The zero-order valence-corrected chi connectivity index (χ0v) is 17.6. The van der Waals surface area contributed by atoms with Gasteiger partial charge < -0.3 is 25.6 Å². The predicted molar refractivity (Wildman–Crippen MR) is 116 cm³/mol. The van der Waals surface area contributed by atoms with E-state index in [1.165, 1.54) is 6.07 Å². The summed E-state index contributed by atoms with van der Waals surface area (Å²) in [4.78, 5) is 9.15. The average Bonchev–Trinajstić information content (AvgIpc) is 3.55. The largest absolute Gasteiger partial charge is 0.487 e. The first-order chi connectivity index (χ1) is 14.5. The Hall–Kier alpha value is -2.67. The maximum Gasteiger partial charge on any atom is 0.166 e. The maximum absolute atomic E-state index is 14.1. The molecule has 2 aliphatic heterocycles. The summed E-state index contributed by atoms with van der Waals surface area (Å²) in [6.07, 6.45) is 5.77. The standard InChI is InChI=1S/C22H25ClFN5O/c1-13-10-18-19(12-26-13)29(15-3-4-15)22(21(25)27-18)28-8-6-16(7-9-28)30-20-5-2-14(23)11-17(20)24/h2,5,10-12,15-16,27H,3-4,6-9,25H2,1H3. The number of aryl methyl sites for hydroxylation is 1. The first-order valence-electron chi connectivity index (χ1n) is 10.4. The number of rotatable bonds is 4. The number of hydrogen-bond acceptors (Lipinski definition) is 6. The second-order valence-electron chi connectivity index (χ2n) is 8.19. The zero-order chi connectivity index (χ0) is 20.8. The lowest BCUT2D eigenvalue weighted by Gasteiger charge is -2.43. The molecule has 1 saturated heterocycles. The van der Waals surface area contributed by atoms with E-state index in [0.29, 0.717) is 16.9 Å². The van der Waals surface area contributed by atoms with Crippen LogP contribution in [0.2, 0.25) is 5.02 Å². The van der Waals surface area contributed by atoms with Gasteiger partial charge in [-0.05, 0) is 44.0 Å². The van der Waals surface area contributed by atoms with E-state index in [1.807, 2.05) is 19.2 Å².